The van der Waals surface area contributed by atoms with Crippen LogP contribution in [0.2, 0.25) is 0 Å². The van der Waals surface area contributed by atoms with Crippen molar-refractivity contribution in [3.8, 4) is 0 Å². The Bertz CT molecular complexity index is 408. The van der Waals surface area contributed by atoms with Crippen LogP contribution in [0.1, 0.15) is 23.8 Å². The van der Waals surface area contributed by atoms with E-state index in [0.29, 0.717) is 5.69 Å². The average Bonchev–Trinajstić information content (AvgIpc) is 2.74. The summed E-state index contributed by atoms with van der Waals surface area (Å²) in [4.78, 5) is 15.3. The number of hydrogen-bond acceptors (Lipinski definition) is 5. The number of aromatic nitrogens is 1. The summed E-state index contributed by atoms with van der Waals surface area (Å²) in [7, 11) is 1.34. The second kappa shape index (κ2) is 5.14. The number of pyridine rings is 1. The van der Waals surface area contributed by atoms with E-state index >= 15 is 0 Å². The number of carbonyl (C=O) groups excluding carboxylic acids is 1. The van der Waals surface area contributed by atoms with Crippen LogP contribution in [0.4, 0.5) is 5.69 Å². The van der Waals surface area contributed by atoms with Gasteiger partial charge in [-0.05, 0) is 25.5 Å². The number of esters is 1. The Kier molecular flexibility index (Phi) is 3.58. The van der Waals surface area contributed by atoms with Gasteiger partial charge < -0.3 is 14.8 Å². The summed E-state index contributed by atoms with van der Waals surface area (Å²) in [6, 6.07) is 3.80. The SMILES string of the molecule is COC(=O)c1cc(NC2CCOC2C)ccn1. The number of rotatable bonds is 3. The number of nitrogens with one attached hydrogen (secondary N) is 1. The van der Waals surface area contributed by atoms with Gasteiger partial charge in [0.2, 0.25) is 0 Å². The second-order valence-corrected chi connectivity index (χ2v) is 4.04. The molecular formula is C12H16N2O3. The van der Waals surface area contributed by atoms with Crippen molar-refractivity contribution < 1.29 is 14.3 Å². The molecule has 0 aliphatic carbocycles. The van der Waals surface area contributed by atoms with Gasteiger partial charge in [0.15, 0.2) is 0 Å². The van der Waals surface area contributed by atoms with Crippen molar-refractivity contribution in [2.45, 2.75) is 25.5 Å². The molecule has 1 aliphatic heterocycles. The highest BCUT2D eigenvalue weighted by Gasteiger charge is 2.24. The summed E-state index contributed by atoms with van der Waals surface area (Å²) in [6.45, 7) is 2.81. The van der Waals surface area contributed by atoms with Gasteiger partial charge in [-0.3, -0.25) is 0 Å². The summed E-state index contributed by atoms with van der Waals surface area (Å²) in [5.74, 6) is -0.427. The molecule has 0 spiro atoms. The van der Waals surface area contributed by atoms with Crippen LogP contribution in [-0.2, 0) is 9.47 Å². The fourth-order valence-corrected chi connectivity index (χ4v) is 1.87. The average molecular weight is 236 g/mol. The molecule has 5 heteroatoms. The van der Waals surface area contributed by atoms with Crippen LogP contribution in [0.15, 0.2) is 18.3 Å². The first-order valence-corrected chi connectivity index (χ1v) is 5.63. The molecule has 1 aromatic rings. The first-order valence-electron chi connectivity index (χ1n) is 5.63. The monoisotopic (exact) mass is 236 g/mol. The molecule has 1 N–H and O–H groups in total. The van der Waals surface area contributed by atoms with Crippen molar-refractivity contribution in [1.82, 2.24) is 4.98 Å². The molecule has 17 heavy (non-hydrogen) atoms. The third kappa shape index (κ3) is 2.74. The Morgan fingerprint density at radius 2 is 2.47 bits per heavy atom. The Morgan fingerprint density at radius 1 is 1.65 bits per heavy atom. The van der Waals surface area contributed by atoms with Crippen LogP contribution in [0.3, 0.4) is 0 Å². The fraction of sp³-hybridized carbons (Fsp3) is 0.500. The number of nitrogens with zero attached hydrogens (tertiary/aromatic N) is 1. The number of hydrogen-bond donors (Lipinski definition) is 1. The van der Waals surface area contributed by atoms with Crippen LogP contribution < -0.4 is 5.32 Å². The molecule has 1 fully saturated rings. The molecule has 0 amide bonds. The van der Waals surface area contributed by atoms with Crippen LogP contribution in [0, 0.1) is 0 Å². The van der Waals surface area contributed by atoms with Gasteiger partial charge in [-0.15, -0.1) is 0 Å². The molecule has 2 unspecified atom stereocenters. The molecule has 0 bridgehead atoms. The fourth-order valence-electron chi connectivity index (χ4n) is 1.87. The lowest BCUT2D eigenvalue weighted by Gasteiger charge is -2.17. The normalized spacial score (nSPS) is 23.4. The van der Waals surface area contributed by atoms with Crippen molar-refractivity contribution >= 4 is 11.7 Å². The molecular weight excluding hydrogens is 220 g/mol. The van der Waals surface area contributed by atoms with E-state index < -0.39 is 5.97 Å². The molecule has 5 nitrogen and oxygen atoms in total. The zero-order chi connectivity index (χ0) is 12.3. The van der Waals surface area contributed by atoms with E-state index in [1.165, 1.54) is 7.11 Å². The second-order valence-electron chi connectivity index (χ2n) is 4.04. The minimum Gasteiger partial charge on any atom is -0.464 e. The lowest BCUT2D eigenvalue weighted by Crippen LogP contribution is -2.26. The number of ether oxygens (including phenoxy) is 2. The molecule has 1 aromatic heterocycles. The van der Waals surface area contributed by atoms with Gasteiger partial charge in [0, 0.05) is 18.5 Å². The Morgan fingerprint density at radius 3 is 3.12 bits per heavy atom. The van der Waals surface area contributed by atoms with Crippen LogP contribution in [0.5, 0.6) is 0 Å². The molecule has 2 atom stereocenters. The predicted molar refractivity (Wildman–Crippen MR) is 63.0 cm³/mol. The van der Waals surface area contributed by atoms with E-state index in [9.17, 15) is 4.79 Å². The zero-order valence-electron chi connectivity index (χ0n) is 9.97. The first kappa shape index (κ1) is 11.9. The lowest BCUT2D eigenvalue weighted by atomic mass is 10.1. The van der Waals surface area contributed by atoms with Crippen LogP contribution in [0.25, 0.3) is 0 Å². The molecule has 92 valence electrons. The van der Waals surface area contributed by atoms with Crippen molar-refractivity contribution in [1.29, 1.82) is 0 Å². The summed E-state index contributed by atoms with van der Waals surface area (Å²) >= 11 is 0. The van der Waals surface area contributed by atoms with E-state index in [2.05, 4.69) is 15.0 Å². The number of methoxy groups -OCH3 is 1. The minimum atomic E-state index is -0.427. The Balaban J connectivity index is 2.08. The maximum atomic E-state index is 11.3. The van der Waals surface area contributed by atoms with Gasteiger partial charge in [-0.1, -0.05) is 0 Å². The molecule has 0 radical (unpaired) electrons. The molecule has 0 saturated carbocycles. The highest BCUT2D eigenvalue weighted by molar-refractivity contribution is 5.88. The third-order valence-corrected chi connectivity index (χ3v) is 2.88. The van der Waals surface area contributed by atoms with Gasteiger partial charge in [0.25, 0.3) is 0 Å². The van der Waals surface area contributed by atoms with Gasteiger partial charge in [-0.25, -0.2) is 9.78 Å². The van der Waals surface area contributed by atoms with E-state index in [4.69, 9.17) is 4.74 Å². The maximum absolute atomic E-state index is 11.3. The number of anilines is 1. The van der Waals surface area contributed by atoms with E-state index in [1.807, 2.05) is 13.0 Å². The maximum Gasteiger partial charge on any atom is 0.356 e. The van der Waals surface area contributed by atoms with E-state index in [0.717, 1.165) is 18.7 Å². The van der Waals surface area contributed by atoms with Crippen LogP contribution >= 0.6 is 0 Å². The van der Waals surface area contributed by atoms with E-state index in [-0.39, 0.29) is 12.1 Å². The van der Waals surface area contributed by atoms with Gasteiger partial charge >= 0.3 is 5.97 Å². The molecule has 1 saturated heterocycles. The minimum absolute atomic E-state index is 0.185. The highest BCUT2D eigenvalue weighted by atomic mass is 16.5. The smallest absolute Gasteiger partial charge is 0.356 e. The summed E-state index contributed by atoms with van der Waals surface area (Å²) in [5.41, 5.74) is 1.17. The highest BCUT2D eigenvalue weighted by Crippen LogP contribution is 2.19. The lowest BCUT2D eigenvalue weighted by molar-refractivity contribution is 0.0594. The van der Waals surface area contributed by atoms with Gasteiger partial charge in [0.1, 0.15) is 5.69 Å². The largest absolute Gasteiger partial charge is 0.464 e. The molecule has 2 rings (SSSR count). The van der Waals surface area contributed by atoms with Crippen LogP contribution in [-0.4, -0.2) is 36.8 Å². The summed E-state index contributed by atoms with van der Waals surface area (Å²) in [6.07, 6.45) is 2.75. The van der Waals surface area contributed by atoms with Gasteiger partial charge in [-0.2, -0.15) is 0 Å². The van der Waals surface area contributed by atoms with Gasteiger partial charge in [0.05, 0.1) is 19.3 Å². The molecule has 2 heterocycles. The summed E-state index contributed by atoms with van der Waals surface area (Å²) in [5, 5.41) is 3.34. The molecule has 0 aromatic carbocycles. The van der Waals surface area contributed by atoms with Crippen molar-refractivity contribution in [2.24, 2.45) is 0 Å². The first-order chi connectivity index (χ1) is 8.20. The van der Waals surface area contributed by atoms with Crippen molar-refractivity contribution in [2.75, 3.05) is 19.0 Å². The molecule has 1 aliphatic rings. The Labute approximate surface area is 100 Å². The standard InChI is InChI=1S/C12H16N2O3/c1-8-10(4-6-17-8)14-9-3-5-13-11(7-9)12(15)16-2/h3,5,7-8,10H,4,6H2,1-2H3,(H,13,14). The Hall–Kier alpha value is -1.62. The number of carbonyl (C=O) groups is 1. The predicted octanol–water partition coefficient (Wildman–Crippen LogP) is 1.46. The zero-order valence-corrected chi connectivity index (χ0v) is 9.97. The quantitative estimate of drug-likeness (QED) is 0.805. The van der Waals surface area contributed by atoms with E-state index in [1.54, 1.807) is 12.3 Å². The van der Waals surface area contributed by atoms with Crippen molar-refractivity contribution in [3.05, 3.63) is 24.0 Å². The third-order valence-electron chi connectivity index (χ3n) is 2.88. The summed E-state index contributed by atoms with van der Waals surface area (Å²) < 4.78 is 10.1. The van der Waals surface area contributed by atoms with Crippen molar-refractivity contribution in [3.63, 3.8) is 0 Å². The topological polar surface area (TPSA) is 60.5 Å².